The quantitative estimate of drug-likeness (QED) is 0.732. The predicted molar refractivity (Wildman–Crippen MR) is 73.1 cm³/mol. The van der Waals surface area contributed by atoms with Gasteiger partial charge in [-0.3, -0.25) is 4.79 Å². The maximum absolute atomic E-state index is 12.5. The van der Waals surface area contributed by atoms with E-state index in [4.69, 9.17) is 0 Å². The van der Waals surface area contributed by atoms with Crippen molar-refractivity contribution in [2.24, 2.45) is 11.8 Å². The smallest absolute Gasteiger partial charge is 0.387 e. The van der Waals surface area contributed by atoms with Crippen LogP contribution in [0, 0.1) is 11.8 Å². The molecule has 1 aromatic rings. The topological polar surface area (TPSA) is 26.3 Å². The first kappa shape index (κ1) is 14.9. The maximum atomic E-state index is 12.5. The molecule has 1 saturated carbocycles. The number of alkyl halides is 2. The minimum Gasteiger partial charge on any atom is -0.434 e. The Bertz CT molecular complexity index is 460. The number of carbonyl (C=O) groups excluding carboxylic acids is 1. The Labute approximate surface area is 118 Å². The van der Waals surface area contributed by atoms with Crippen LogP contribution in [0.1, 0.15) is 49.4 Å². The van der Waals surface area contributed by atoms with E-state index in [-0.39, 0.29) is 23.0 Å². The first-order valence-electron chi connectivity index (χ1n) is 7.19. The maximum Gasteiger partial charge on any atom is 0.387 e. The number of para-hydroxylation sites is 1. The predicted octanol–water partition coefficient (Wildman–Crippen LogP) is 4.69. The summed E-state index contributed by atoms with van der Waals surface area (Å²) in [7, 11) is 0. The van der Waals surface area contributed by atoms with Crippen LogP contribution in [-0.4, -0.2) is 12.4 Å². The first-order valence-corrected chi connectivity index (χ1v) is 7.19. The van der Waals surface area contributed by atoms with Crippen LogP contribution in [0.3, 0.4) is 0 Å². The molecule has 0 bridgehead atoms. The Morgan fingerprint density at radius 2 is 2.10 bits per heavy atom. The van der Waals surface area contributed by atoms with Crippen LogP contribution in [0.4, 0.5) is 8.78 Å². The molecule has 1 aliphatic carbocycles. The van der Waals surface area contributed by atoms with Gasteiger partial charge >= 0.3 is 6.61 Å². The highest BCUT2D eigenvalue weighted by molar-refractivity contribution is 6.00. The van der Waals surface area contributed by atoms with Crippen LogP contribution in [0.25, 0.3) is 0 Å². The molecule has 0 aliphatic heterocycles. The second-order valence-corrected chi connectivity index (χ2v) is 5.38. The molecular weight excluding hydrogens is 262 g/mol. The summed E-state index contributed by atoms with van der Waals surface area (Å²) < 4.78 is 29.2. The largest absolute Gasteiger partial charge is 0.434 e. The lowest BCUT2D eigenvalue weighted by Gasteiger charge is -2.27. The molecule has 2 nitrogen and oxygen atoms in total. The molecule has 1 fully saturated rings. The SMILES string of the molecule is CCC1CCCC(C(=O)c2ccccc2OC(F)F)C1. The molecule has 110 valence electrons. The molecule has 2 atom stereocenters. The van der Waals surface area contributed by atoms with Crippen molar-refractivity contribution in [1.82, 2.24) is 0 Å². The van der Waals surface area contributed by atoms with Crippen LogP contribution >= 0.6 is 0 Å². The van der Waals surface area contributed by atoms with Crippen LogP contribution in [0.2, 0.25) is 0 Å². The Kier molecular flexibility index (Phi) is 5.10. The highest BCUT2D eigenvalue weighted by Gasteiger charge is 2.29. The van der Waals surface area contributed by atoms with Crippen molar-refractivity contribution in [2.75, 3.05) is 0 Å². The van der Waals surface area contributed by atoms with Gasteiger partial charge in [-0.05, 0) is 30.9 Å². The molecule has 1 aromatic carbocycles. The highest BCUT2D eigenvalue weighted by atomic mass is 19.3. The van der Waals surface area contributed by atoms with E-state index in [1.807, 2.05) is 0 Å². The van der Waals surface area contributed by atoms with E-state index in [1.54, 1.807) is 18.2 Å². The van der Waals surface area contributed by atoms with Gasteiger partial charge in [0.2, 0.25) is 0 Å². The summed E-state index contributed by atoms with van der Waals surface area (Å²) in [5.74, 6) is 0.447. The molecule has 2 rings (SSSR count). The summed E-state index contributed by atoms with van der Waals surface area (Å²) in [6.07, 6.45) is 4.97. The fourth-order valence-corrected chi connectivity index (χ4v) is 2.99. The molecular formula is C16H20F2O2. The second-order valence-electron chi connectivity index (χ2n) is 5.38. The minimum absolute atomic E-state index is 0.00822. The summed E-state index contributed by atoms with van der Waals surface area (Å²) in [6.45, 7) is -0.774. The van der Waals surface area contributed by atoms with E-state index in [1.165, 1.54) is 6.07 Å². The van der Waals surface area contributed by atoms with Gasteiger partial charge in [-0.1, -0.05) is 38.3 Å². The summed E-state index contributed by atoms with van der Waals surface area (Å²) in [5.41, 5.74) is 0.287. The number of rotatable bonds is 5. The lowest BCUT2D eigenvalue weighted by molar-refractivity contribution is -0.0502. The molecule has 4 heteroatoms. The van der Waals surface area contributed by atoms with Gasteiger partial charge in [-0.2, -0.15) is 8.78 Å². The van der Waals surface area contributed by atoms with E-state index in [2.05, 4.69) is 11.7 Å². The minimum atomic E-state index is -2.90. The highest BCUT2D eigenvalue weighted by Crippen LogP contribution is 2.34. The first-order chi connectivity index (χ1) is 9.61. The molecule has 2 unspecified atom stereocenters. The normalized spacial score (nSPS) is 22.8. The van der Waals surface area contributed by atoms with Gasteiger partial charge in [0.25, 0.3) is 0 Å². The standard InChI is InChI=1S/C16H20F2O2/c1-2-11-6-5-7-12(10-11)15(19)13-8-3-4-9-14(13)20-16(17)18/h3-4,8-9,11-12,16H,2,5-7,10H2,1H3. The van der Waals surface area contributed by atoms with Crippen LogP contribution in [0.5, 0.6) is 5.75 Å². The number of hydrogen-bond donors (Lipinski definition) is 0. The Morgan fingerprint density at radius 1 is 1.35 bits per heavy atom. The summed E-state index contributed by atoms with van der Waals surface area (Å²) in [5, 5.41) is 0. The zero-order valence-corrected chi connectivity index (χ0v) is 11.6. The van der Waals surface area contributed by atoms with Crippen molar-refractivity contribution in [3.05, 3.63) is 29.8 Å². The molecule has 20 heavy (non-hydrogen) atoms. The zero-order valence-electron chi connectivity index (χ0n) is 11.6. The fourth-order valence-electron chi connectivity index (χ4n) is 2.99. The van der Waals surface area contributed by atoms with Gasteiger partial charge < -0.3 is 4.74 Å². The van der Waals surface area contributed by atoms with Crippen LogP contribution in [0.15, 0.2) is 24.3 Å². The second kappa shape index (κ2) is 6.82. The lowest BCUT2D eigenvalue weighted by Crippen LogP contribution is -2.23. The molecule has 0 N–H and O–H groups in total. The number of ketones is 1. The third-order valence-electron chi connectivity index (χ3n) is 4.10. The Balaban J connectivity index is 2.16. The molecule has 0 saturated heterocycles. The molecule has 0 spiro atoms. The number of hydrogen-bond acceptors (Lipinski definition) is 2. The number of Topliss-reactive ketones (excluding diaryl/α,β-unsaturated/α-hetero) is 1. The number of halogens is 2. The lowest BCUT2D eigenvalue weighted by atomic mass is 9.77. The van der Waals surface area contributed by atoms with Crippen molar-refractivity contribution in [3.8, 4) is 5.75 Å². The van der Waals surface area contributed by atoms with Gasteiger partial charge in [-0.25, -0.2) is 0 Å². The third-order valence-corrected chi connectivity index (χ3v) is 4.10. The molecule has 0 radical (unpaired) electrons. The van der Waals surface area contributed by atoms with Crippen molar-refractivity contribution < 1.29 is 18.3 Å². The fraction of sp³-hybridized carbons (Fsp3) is 0.562. The third kappa shape index (κ3) is 3.56. The van der Waals surface area contributed by atoms with Crippen molar-refractivity contribution >= 4 is 5.78 Å². The van der Waals surface area contributed by atoms with Crippen LogP contribution in [-0.2, 0) is 0 Å². The summed E-state index contributed by atoms with van der Waals surface area (Å²) in [4.78, 5) is 12.5. The van der Waals surface area contributed by atoms with E-state index in [9.17, 15) is 13.6 Å². The van der Waals surface area contributed by atoms with Crippen molar-refractivity contribution in [1.29, 1.82) is 0 Å². The molecule has 0 aromatic heterocycles. The number of ether oxygens (including phenoxy) is 1. The molecule has 1 aliphatic rings. The summed E-state index contributed by atoms with van der Waals surface area (Å²) >= 11 is 0. The van der Waals surface area contributed by atoms with Gasteiger partial charge in [0.15, 0.2) is 5.78 Å². The van der Waals surface area contributed by atoms with Gasteiger partial charge in [0.1, 0.15) is 5.75 Å². The average molecular weight is 282 g/mol. The van der Waals surface area contributed by atoms with Gasteiger partial charge in [0.05, 0.1) is 5.56 Å². The monoisotopic (exact) mass is 282 g/mol. The van der Waals surface area contributed by atoms with E-state index in [0.717, 1.165) is 32.1 Å². The Hall–Kier alpha value is -1.45. The number of carbonyl (C=O) groups is 1. The summed E-state index contributed by atoms with van der Waals surface area (Å²) in [6, 6.07) is 6.30. The van der Waals surface area contributed by atoms with E-state index in [0.29, 0.717) is 5.92 Å². The number of benzene rings is 1. The van der Waals surface area contributed by atoms with Crippen molar-refractivity contribution in [3.63, 3.8) is 0 Å². The van der Waals surface area contributed by atoms with E-state index >= 15 is 0 Å². The van der Waals surface area contributed by atoms with Crippen molar-refractivity contribution in [2.45, 2.75) is 45.6 Å². The van der Waals surface area contributed by atoms with Crippen LogP contribution < -0.4 is 4.74 Å². The average Bonchev–Trinajstić information content (AvgIpc) is 2.46. The van der Waals surface area contributed by atoms with Gasteiger partial charge in [0, 0.05) is 5.92 Å². The zero-order chi connectivity index (χ0) is 14.5. The molecule has 0 amide bonds. The molecule has 0 heterocycles. The Morgan fingerprint density at radius 3 is 2.80 bits per heavy atom. The van der Waals surface area contributed by atoms with E-state index < -0.39 is 6.61 Å². The van der Waals surface area contributed by atoms with Gasteiger partial charge in [-0.15, -0.1) is 0 Å².